The lowest BCUT2D eigenvalue weighted by molar-refractivity contribution is 0.198. The van der Waals surface area contributed by atoms with Gasteiger partial charge in [-0.15, -0.1) is 0 Å². The molecule has 0 aromatic heterocycles. The zero-order valence-electron chi connectivity index (χ0n) is 15.7. The van der Waals surface area contributed by atoms with Crippen molar-refractivity contribution in [2.24, 2.45) is 5.92 Å². The molecule has 0 unspecified atom stereocenters. The lowest BCUT2D eigenvalue weighted by atomic mass is 9.79. The lowest BCUT2D eigenvalue weighted by Crippen LogP contribution is -2.20. The van der Waals surface area contributed by atoms with Gasteiger partial charge in [-0.05, 0) is 74.6 Å². The quantitative estimate of drug-likeness (QED) is 0.599. The highest BCUT2D eigenvalue weighted by atomic mass is 19.2. The van der Waals surface area contributed by atoms with Gasteiger partial charge in [0.2, 0.25) is 5.82 Å². The summed E-state index contributed by atoms with van der Waals surface area (Å²) < 4.78 is 52.9. The van der Waals surface area contributed by atoms with Crippen LogP contribution in [0.15, 0.2) is 30.3 Å². The Morgan fingerprint density at radius 1 is 0.926 bits per heavy atom. The van der Waals surface area contributed by atoms with Crippen molar-refractivity contribution in [3.8, 4) is 11.5 Å². The van der Waals surface area contributed by atoms with Crippen LogP contribution in [0.5, 0.6) is 11.5 Å². The second-order valence-corrected chi connectivity index (χ2v) is 7.15. The number of ether oxygens (including phenoxy) is 2. The summed E-state index contributed by atoms with van der Waals surface area (Å²) in [6, 6.07) is 8.02. The number of benzene rings is 2. The molecule has 1 fully saturated rings. The SMILES string of the molecule is CCOc1ccc(C2CCC(COc3ccc(C)c(F)c3)CC2)c(F)c1F. The maximum absolute atomic E-state index is 14.4. The van der Waals surface area contributed by atoms with Crippen LogP contribution in [0.1, 0.15) is 49.7 Å². The molecule has 0 N–H and O–H groups in total. The smallest absolute Gasteiger partial charge is 0.200 e. The zero-order valence-corrected chi connectivity index (χ0v) is 15.7. The fourth-order valence-corrected chi connectivity index (χ4v) is 3.65. The molecule has 0 amide bonds. The number of aryl methyl sites for hydroxylation is 1. The van der Waals surface area contributed by atoms with E-state index in [1.807, 2.05) is 0 Å². The van der Waals surface area contributed by atoms with Crippen LogP contribution in [0.2, 0.25) is 0 Å². The largest absolute Gasteiger partial charge is 0.493 e. The van der Waals surface area contributed by atoms with E-state index >= 15 is 0 Å². The van der Waals surface area contributed by atoms with E-state index in [1.54, 1.807) is 32.0 Å². The minimum absolute atomic E-state index is 0.00301. The van der Waals surface area contributed by atoms with Crippen molar-refractivity contribution in [2.75, 3.05) is 13.2 Å². The third-order valence-corrected chi connectivity index (χ3v) is 5.29. The van der Waals surface area contributed by atoms with Crippen molar-refractivity contribution in [1.82, 2.24) is 0 Å². The molecule has 0 radical (unpaired) electrons. The Hall–Kier alpha value is -2.17. The Kier molecular flexibility index (Phi) is 6.30. The molecule has 2 aromatic carbocycles. The highest BCUT2D eigenvalue weighted by molar-refractivity contribution is 5.33. The van der Waals surface area contributed by atoms with Crippen molar-refractivity contribution in [1.29, 1.82) is 0 Å². The summed E-state index contributed by atoms with van der Waals surface area (Å²) in [6.45, 7) is 4.25. The molecule has 0 aliphatic heterocycles. The minimum atomic E-state index is -0.902. The van der Waals surface area contributed by atoms with Crippen LogP contribution in [0.3, 0.4) is 0 Å². The van der Waals surface area contributed by atoms with Crippen LogP contribution >= 0.6 is 0 Å². The number of rotatable bonds is 6. The summed E-state index contributed by atoms with van der Waals surface area (Å²) in [4.78, 5) is 0. The monoisotopic (exact) mass is 378 g/mol. The van der Waals surface area contributed by atoms with Crippen LogP contribution in [-0.2, 0) is 0 Å². The van der Waals surface area contributed by atoms with Gasteiger partial charge in [-0.1, -0.05) is 12.1 Å². The number of hydrogen-bond donors (Lipinski definition) is 0. The van der Waals surface area contributed by atoms with Crippen molar-refractivity contribution in [2.45, 2.75) is 45.4 Å². The second-order valence-electron chi connectivity index (χ2n) is 7.15. The molecular formula is C22H25F3O2. The standard InChI is InChI=1S/C22H25F3O2/c1-3-26-20-11-10-18(21(24)22(20)25)16-7-5-15(6-8-16)13-27-17-9-4-14(2)19(23)12-17/h4,9-12,15-16H,3,5-8,13H2,1-2H3. The highest BCUT2D eigenvalue weighted by Gasteiger charge is 2.27. The van der Waals surface area contributed by atoms with Gasteiger partial charge >= 0.3 is 0 Å². The molecule has 1 saturated carbocycles. The maximum atomic E-state index is 14.4. The number of hydrogen-bond acceptors (Lipinski definition) is 2. The van der Waals surface area contributed by atoms with E-state index < -0.39 is 11.6 Å². The molecule has 27 heavy (non-hydrogen) atoms. The normalized spacial score (nSPS) is 19.7. The Morgan fingerprint density at radius 2 is 1.67 bits per heavy atom. The summed E-state index contributed by atoms with van der Waals surface area (Å²) in [7, 11) is 0. The summed E-state index contributed by atoms with van der Waals surface area (Å²) in [5.41, 5.74) is 1.02. The molecular weight excluding hydrogens is 353 g/mol. The fraction of sp³-hybridized carbons (Fsp3) is 0.455. The summed E-state index contributed by atoms with van der Waals surface area (Å²) in [5.74, 6) is -1.14. The first kappa shape index (κ1) is 19.6. The topological polar surface area (TPSA) is 18.5 Å². The Labute approximate surface area is 158 Å². The van der Waals surface area contributed by atoms with Gasteiger partial charge < -0.3 is 9.47 Å². The zero-order chi connectivity index (χ0) is 19.4. The molecule has 0 atom stereocenters. The van der Waals surface area contributed by atoms with Gasteiger partial charge in [-0.3, -0.25) is 0 Å². The average molecular weight is 378 g/mol. The van der Waals surface area contributed by atoms with E-state index in [0.717, 1.165) is 25.7 Å². The fourth-order valence-electron chi connectivity index (χ4n) is 3.65. The third kappa shape index (κ3) is 4.57. The van der Waals surface area contributed by atoms with Crippen molar-refractivity contribution >= 4 is 0 Å². The van der Waals surface area contributed by atoms with Gasteiger partial charge in [0, 0.05) is 6.07 Å². The van der Waals surface area contributed by atoms with Crippen LogP contribution < -0.4 is 9.47 Å². The van der Waals surface area contributed by atoms with Crippen LogP contribution in [0, 0.1) is 30.3 Å². The Morgan fingerprint density at radius 3 is 2.33 bits per heavy atom. The average Bonchev–Trinajstić information content (AvgIpc) is 2.67. The van der Waals surface area contributed by atoms with Gasteiger partial charge in [-0.2, -0.15) is 4.39 Å². The first-order chi connectivity index (χ1) is 13.0. The molecule has 1 aliphatic rings. The van der Waals surface area contributed by atoms with E-state index in [4.69, 9.17) is 9.47 Å². The van der Waals surface area contributed by atoms with Crippen molar-refractivity contribution < 1.29 is 22.6 Å². The Bertz CT molecular complexity index is 783. The van der Waals surface area contributed by atoms with Gasteiger partial charge in [0.25, 0.3) is 0 Å². The van der Waals surface area contributed by atoms with Crippen LogP contribution in [0.4, 0.5) is 13.2 Å². The third-order valence-electron chi connectivity index (χ3n) is 5.29. The van der Waals surface area contributed by atoms with Gasteiger partial charge in [0.1, 0.15) is 11.6 Å². The molecule has 0 saturated heterocycles. The van der Waals surface area contributed by atoms with Gasteiger partial charge in [0.15, 0.2) is 11.6 Å². The van der Waals surface area contributed by atoms with Crippen molar-refractivity contribution in [3.63, 3.8) is 0 Å². The predicted molar refractivity (Wildman–Crippen MR) is 98.9 cm³/mol. The number of halogens is 3. The van der Waals surface area contributed by atoms with E-state index in [-0.39, 0.29) is 17.5 Å². The second kappa shape index (κ2) is 8.68. The molecule has 2 aromatic rings. The van der Waals surface area contributed by atoms with Crippen molar-refractivity contribution in [3.05, 3.63) is 58.9 Å². The van der Waals surface area contributed by atoms with E-state index in [1.165, 1.54) is 12.1 Å². The van der Waals surface area contributed by atoms with E-state index in [9.17, 15) is 13.2 Å². The molecule has 0 heterocycles. The van der Waals surface area contributed by atoms with Crippen LogP contribution in [-0.4, -0.2) is 13.2 Å². The highest BCUT2D eigenvalue weighted by Crippen LogP contribution is 2.38. The summed E-state index contributed by atoms with van der Waals surface area (Å²) in [5, 5.41) is 0. The predicted octanol–water partition coefficient (Wildman–Crippen LogP) is 6.16. The maximum Gasteiger partial charge on any atom is 0.200 e. The summed E-state index contributed by atoms with van der Waals surface area (Å²) in [6.07, 6.45) is 3.29. The van der Waals surface area contributed by atoms with Gasteiger partial charge in [-0.25, -0.2) is 8.78 Å². The molecule has 1 aliphatic carbocycles. The molecule has 146 valence electrons. The molecule has 0 bridgehead atoms. The van der Waals surface area contributed by atoms with Crippen LogP contribution in [0.25, 0.3) is 0 Å². The summed E-state index contributed by atoms with van der Waals surface area (Å²) >= 11 is 0. The first-order valence-corrected chi connectivity index (χ1v) is 9.49. The molecule has 2 nitrogen and oxygen atoms in total. The van der Waals surface area contributed by atoms with E-state index in [2.05, 4.69) is 0 Å². The Balaban J connectivity index is 1.55. The molecule has 5 heteroatoms. The lowest BCUT2D eigenvalue weighted by Gasteiger charge is -2.29. The van der Waals surface area contributed by atoms with E-state index in [0.29, 0.717) is 36.0 Å². The molecule has 3 rings (SSSR count). The molecule has 0 spiro atoms. The minimum Gasteiger partial charge on any atom is -0.493 e. The first-order valence-electron chi connectivity index (χ1n) is 9.49. The van der Waals surface area contributed by atoms with Gasteiger partial charge in [0.05, 0.1) is 13.2 Å².